The van der Waals surface area contributed by atoms with Crippen LogP contribution in [0, 0.1) is 0 Å². The van der Waals surface area contributed by atoms with E-state index in [1.807, 2.05) is 24.3 Å². The number of alkyl carbamates (subject to hydrolysis) is 1. The largest absolute Gasteiger partial charge is 0.447 e. The van der Waals surface area contributed by atoms with Crippen LogP contribution in [0.1, 0.15) is 30.5 Å². The quantitative estimate of drug-likeness (QED) is 0.845. The van der Waals surface area contributed by atoms with Gasteiger partial charge in [0.15, 0.2) is 0 Å². The predicted molar refractivity (Wildman–Crippen MR) is 63.0 cm³/mol. The standard InChI is InChI=1S/C13H15NO2/c1-2-3-6-10-7-4-5-8-11(10)12-9-16-13(15)14-12/h3-8,12H,2,9H2,1H3,(H,14,15). The topological polar surface area (TPSA) is 38.3 Å². The van der Waals surface area contributed by atoms with Crippen molar-refractivity contribution in [2.24, 2.45) is 0 Å². The minimum atomic E-state index is -0.334. The number of nitrogens with one attached hydrogen (secondary N) is 1. The summed E-state index contributed by atoms with van der Waals surface area (Å²) < 4.78 is 4.91. The van der Waals surface area contributed by atoms with Crippen LogP contribution in [0.25, 0.3) is 6.08 Å². The molecule has 1 unspecified atom stereocenters. The smallest absolute Gasteiger partial charge is 0.407 e. The van der Waals surface area contributed by atoms with Gasteiger partial charge in [-0.2, -0.15) is 0 Å². The number of carbonyl (C=O) groups excluding carboxylic acids is 1. The van der Waals surface area contributed by atoms with E-state index in [2.05, 4.69) is 24.4 Å². The molecule has 3 heteroatoms. The second-order valence-electron chi connectivity index (χ2n) is 3.73. The fourth-order valence-electron chi connectivity index (χ4n) is 1.78. The molecule has 0 spiro atoms. The molecular formula is C13H15NO2. The van der Waals surface area contributed by atoms with Crippen molar-refractivity contribution < 1.29 is 9.53 Å². The molecule has 0 bridgehead atoms. The summed E-state index contributed by atoms with van der Waals surface area (Å²) in [6, 6.07) is 8.02. The van der Waals surface area contributed by atoms with Crippen LogP contribution in [-0.4, -0.2) is 12.7 Å². The third kappa shape index (κ3) is 2.24. The van der Waals surface area contributed by atoms with Crippen molar-refractivity contribution in [2.45, 2.75) is 19.4 Å². The normalized spacial score (nSPS) is 19.8. The molecule has 1 aliphatic rings. The molecule has 1 amide bonds. The first-order valence-electron chi connectivity index (χ1n) is 5.50. The van der Waals surface area contributed by atoms with E-state index in [-0.39, 0.29) is 12.1 Å². The number of allylic oxidation sites excluding steroid dienone is 1. The van der Waals surface area contributed by atoms with Crippen LogP contribution >= 0.6 is 0 Å². The minimum Gasteiger partial charge on any atom is -0.447 e. The van der Waals surface area contributed by atoms with Crippen molar-refractivity contribution in [3.05, 3.63) is 41.5 Å². The second-order valence-corrected chi connectivity index (χ2v) is 3.73. The lowest BCUT2D eigenvalue weighted by molar-refractivity contribution is 0.177. The van der Waals surface area contributed by atoms with E-state index in [1.54, 1.807) is 0 Å². The van der Waals surface area contributed by atoms with E-state index >= 15 is 0 Å². The van der Waals surface area contributed by atoms with E-state index in [9.17, 15) is 4.79 Å². The third-order valence-electron chi connectivity index (χ3n) is 2.58. The van der Waals surface area contributed by atoms with Crippen molar-refractivity contribution in [1.29, 1.82) is 0 Å². The van der Waals surface area contributed by atoms with Gasteiger partial charge in [0, 0.05) is 0 Å². The van der Waals surface area contributed by atoms with E-state index < -0.39 is 0 Å². The Bertz CT molecular complexity index is 412. The maximum absolute atomic E-state index is 11.0. The van der Waals surface area contributed by atoms with Crippen molar-refractivity contribution in [3.63, 3.8) is 0 Å². The molecule has 0 aliphatic carbocycles. The van der Waals surface area contributed by atoms with E-state index in [0.717, 1.165) is 17.5 Å². The summed E-state index contributed by atoms with van der Waals surface area (Å²) in [6.45, 7) is 2.51. The minimum absolute atomic E-state index is 0.0230. The number of ether oxygens (including phenoxy) is 1. The average molecular weight is 217 g/mol. The molecule has 16 heavy (non-hydrogen) atoms. The Labute approximate surface area is 95.1 Å². The Morgan fingerprint density at radius 1 is 1.50 bits per heavy atom. The zero-order chi connectivity index (χ0) is 11.4. The van der Waals surface area contributed by atoms with Gasteiger partial charge in [-0.3, -0.25) is 0 Å². The number of carbonyl (C=O) groups is 1. The van der Waals surface area contributed by atoms with Gasteiger partial charge in [0.2, 0.25) is 0 Å². The maximum Gasteiger partial charge on any atom is 0.407 e. The molecule has 1 heterocycles. The lowest BCUT2D eigenvalue weighted by Gasteiger charge is -2.10. The van der Waals surface area contributed by atoms with Gasteiger partial charge in [0.25, 0.3) is 0 Å². The van der Waals surface area contributed by atoms with Gasteiger partial charge in [-0.05, 0) is 17.5 Å². The van der Waals surface area contributed by atoms with Crippen LogP contribution in [0.5, 0.6) is 0 Å². The third-order valence-corrected chi connectivity index (χ3v) is 2.58. The van der Waals surface area contributed by atoms with Gasteiger partial charge >= 0.3 is 6.09 Å². The molecule has 1 aromatic rings. The highest BCUT2D eigenvalue weighted by Crippen LogP contribution is 2.22. The molecular weight excluding hydrogens is 202 g/mol. The lowest BCUT2D eigenvalue weighted by Crippen LogP contribution is -2.18. The molecule has 2 rings (SSSR count). The molecule has 1 saturated heterocycles. The van der Waals surface area contributed by atoms with Crippen LogP contribution in [0.15, 0.2) is 30.3 Å². The van der Waals surface area contributed by atoms with Crippen LogP contribution < -0.4 is 5.32 Å². The zero-order valence-electron chi connectivity index (χ0n) is 9.27. The van der Waals surface area contributed by atoms with Crippen LogP contribution in [0.3, 0.4) is 0 Å². The molecule has 1 fully saturated rings. The van der Waals surface area contributed by atoms with Gasteiger partial charge in [0.05, 0.1) is 6.04 Å². The number of benzene rings is 1. The van der Waals surface area contributed by atoms with Gasteiger partial charge < -0.3 is 10.1 Å². The molecule has 0 aromatic heterocycles. The number of hydrogen-bond acceptors (Lipinski definition) is 2. The van der Waals surface area contributed by atoms with Crippen LogP contribution in [0.4, 0.5) is 4.79 Å². The summed E-state index contributed by atoms with van der Waals surface area (Å²) in [6.07, 6.45) is 4.86. The number of cyclic esters (lactones) is 1. The first-order valence-corrected chi connectivity index (χ1v) is 5.50. The van der Waals surface area contributed by atoms with Crippen molar-refractivity contribution in [2.75, 3.05) is 6.61 Å². The fourth-order valence-corrected chi connectivity index (χ4v) is 1.78. The molecule has 1 N–H and O–H groups in total. The second kappa shape index (κ2) is 4.84. The Morgan fingerprint density at radius 3 is 3.00 bits per heavy atom. The van der Waals surface area contributed by atoms with Gasteiger partial charge in [-0.15, -0.1) is 0 Å². The summed E-state index contributed by atoms with van der Waals surface area (Å²) in [4.78, 5) is 11.0. The van der Waals surface area contributed by atoms with Gasteiger partial charge in [0.1, 0.15) is 6.61 Å². The number of rotatable bonds is 3. The molecule has 84 valence electrons. The van der Waals surface area contributed by atoms with Crippen LogP contribution in [0.2, 0.25) is 0 Å². The molecule has 1 aliphatic heterocycles. The first kappa shape index (κ1) is 10.7. The number of hydrogen-bond donors (Lipinski definition) is 1. The van der Waals surface area contributed by atoms with Gasteiger partial charge in [-0.25, -0.2) is 4.79 Å². The Balaban J connectivity index is 2.25. The summed E-state index contributed by atoms with van der Waals surface area (Å²) in [5, 5.41) is 2.79. The Morgan fingerprint density at radius 2 is 2.31 bits per heavy atom. The molecule has 3 nitrogen and oxygen atoms in total. The Hall–Kier alpha value is -1.77. The van der Waals surface area contributed by atoms with E-state index in [1.165, 1.54) is 0 Å². The predicted octanol–water partition coefficient (Wildman–Crippen LogP) is 2.89. The van der Waals surface area contributed by atoms with Crippen LogP contribution in [-0.2, 0) is 4.74 Å². The molecule has 0 saturated carbocycles. The Kier molecular flexibility index (Phi) is 3.25. The molecule has 0 radical (unpaired) electrons. The average Bonchev–Trinajstić information content (AvgIpc) is 2.73. The lowest BCUT2D eigenvalue weighted by atomic mass is 10.0. The first-order chi connectivity index (χ1) is 7.81. The summed E-state index contributed by atoms with van der Waals surface area (Å²) in [5.74, 6) is 0. The van der Waals surface area contributed by atoms with Crippen molar-refractivity contribution in [3.8, 4) is 0 Å². The highest BCUT2D eigenvalue weighted by Gasteiger charge is 2.24. The van der Waals surface area contributed by atoms with Crippen molar-refractivity contribution in [1.82, 2.24) is 5.32 Å². The molecule has 1 aromatic carbocycles. The summed E-state index contributed by atoms with van der Waals surface area (Å²) in [7, 11) is 0. The maximum atomic E-state index is 11.0. The number of amides is 1. The summed E-state index contributed by atoms with van der Waals surface area (Å²) >= 11 is 0. The SMILES string of the molecule is CCC=Cc1ccccc1C1COC(=O)N1. The fraction of sp³-hybridized carbons (Fsp3) is 0.308. The molecule has 1 atom stereocenters. The van der Waals surface area contributed by atoms with Crippen molar-refractivity contribution >= 4 is 12.2 Å². The summed E-state index contributed by atoms with van der Waals surface area (Å²) in [5.41, 5.74) is 2.25. The highest BCUT2D eigenvalue weighted by atomic mass is 16.6. The zero-order valence-corrected chi connectivity index (χ0v) is 9.27. The van der Waals surface area contributed by atoms with Gasteiger partial charge in [-0.1, -0.05) is 43.3 Å². The highest BCUT2D eigenvalue weighted by molar-refractivity contribution is 5.70. The monoisotopic (exact) mass is 217 g/mol. The van der Waals surface area contributed by atoms with E-state index in [0.29, 0.717) is 6.61 Å². The van der Waals surface area contributed by atoms with E-state index in [4.69, 9.17) is 4.74 Å².